The molecule has 1 saturated heterocycles. The average molecular weight is 469 g/mol. The molecule has 2 aliphatic heterocycles. The van der Waals surface area contributed by atoms with Crippen molar-refractivity contribution in [1.29, 1.82) is 0 Å². The Morgan fingerprint density at radius 1 is 1.26 bits per heavy atom. The van der Waals surface area contributed by atoms with Crippen LogP contribution in [0.1, 0.15) is 42.5 Å². The highest BCUT2D eigenvalue weighted by molar-refractivity contribution is 6.03. The molecule has 0 spiro atoms. The fourth-order valence-corrected chi connectivity index (χ4v) is 4.20. The Hall–Kier alpha value is -3.47. The van der Waals surface area contributed by atoms with Crippen molar-refractivity contribution in [3.8, 4) is 17.0 Å². The number of hydrogen-bond acceptors (Lipinski definition) is 8. The largest absolute Gasteiger partial charge is 0.503 e. The Morgan fingerprint density at radius 2 is 2.03 bits per heavy atom. The van der Waals surface area contributed by atoms with Crippen LogP contribution in [0, 0.1) is 0 Å². The number of ether oxygens (including phenoxy) is 2. The number of benzene rings is 1. The average Bonchev–Trinajstić information content (AvgIpc) is 3.35. The fraction of sp³-hybridized carbons (Fsp3) is 0.375. The first-order valence-electron chi connectivity index (χ1n) is 11.3. The molecule has 1 fully saturated rings. The van der Waals surface area contributed by atoms with Gasteiger partial charge in [-0.2, -0.15) is 0 Å². The number of carbonyl (C=O) groups excluding carboxylic acids is 1. The monoisotopic (exact) mass is 468 g/mol. The predicted octanol–water partition coefficient (Wildman–Crippen LogP) is 3.19. The van der Waals surface area contributed by atoms with E-state index in [0.717, 1.165) is 12.0 Å². The molecule has 2 atom stereocenters. The topological polar surface area (TPSA) is 119 Å². The predicted molar refractivity (Wildman–Crippen MR) is 124 cm³/mol. The Morgan fingerprint density at radius 3 is 2.76 bits per heavy atom. The highest BCUT2D eigenvalue weighted by Gasteiger charge is 2.39. The Kier molecular flexibility index (Phi) is 7.11. The molecule has 4 heterocycles. The van der Waals surface area contributed by atoms with Crippen LogP contribution in [0.5, 0.6) is 5.75 Å². The van der Waals surface area contributed by atoms with Crippen LogP contribution in [-0.2, 0) is 16.0 Å². The number of aromatic nitrogens is 2. The lowest BCUT2D eigenvalue weighted by molar-refractivity contribution is -0.193. The maximum Gasteiger partial charge on any atom is 0.263 e. The second-order valence-electron chi connectivity index (χ2n) is 7.66. The van der Waals surface area contributed by atoms with E-state index >= 15 is 0 Å². The standard InChI is InChI=1S/C22H22N4O6.C2H6/c1-30-22-18-20(28)19(27)14(11-25(18)12-17-26(22)8-5-9-31-17)21(29)23-16-10-15(24-32-16)13-6-3-2-4-7-13;1-2/h2-4,6-7,10-11,17,22,28H,5,8-9,12H2,1H3,(H,23,29);1-2H3. The zero-order valence-corrected chi connectivity index (χ0v) is 19.4. The van der Waals surface area contributed by atoms with Crippen LogP contribution in [0.2, 0.25) is 0 Å². The number of aromatic hydroxyl groups is 1. The van der Waals surface area contributed by atoms with Gasteiger partial charge in [0.15, 0.2) is 12.0 Å². The van der Waals surface area contributed by atoms with E-state index in [9.17, 15) is 14.7 Å². The maximum absolute atomic E-state index is 12.9. The molecule has 0 aliphatic carbocycles. The summed E-state index contributed by atoms with van der Waals surface area (Å²) in [6.45, 7) is 5.68. The lowest BCUT2D eigenvalue weighted by atomic mass is 10.1. The molecule has 180 valence electrons. The van der Waals surface area contributed by atoms with Crippen molar-refractivity contribution in [2.75, 3.05) is 25.6 Å². The number of methoxy groups -OCH3 is 1. The summed E-state index contributed by atoms with van der Waals surface area (Å²) in [5.41, 5.74) is 0.675. The van der Waals surface area contributed by atoms with Crippen LogP contribution in [0.25, 0.3) is 11.3 Å². The van der Waals surface area contributed by atoms with Crippen LogP contribution in [0.4, 0.5) is 5.88 Å². The highest BCUT2D eigenvalue weighted by atomic mass is 16.5. The van der Waals surface area contributed by atoms with Crippen molar-refractivity contribution in [3.63, 3.8) is 0 Å². The Bertz CT molecular complexity index is 1210. The van der Waals surface area contributed by atoms with E-state index in [-0.39, 0.29) is 17.7 Å². The number of anilines is 1. The SMILES string of the molecule is CC.COC1c2c(O)c(=O)c(C(=O)Nc3cc(-c4ccccc4)no3)cn2CC2OCCCN21. The van der Waals surface area contributed by atoms with Gasteiger partial charge < -0.3 is 23.7 Å². The molecule has 1 amide bonds. The number of amides is 1. The summed E-state index contributed by atoms with van der Waals surface area (Å²) in [6, 6.07) is 10.9. The number of rotatable bonds is 4. The smallest absolute Gasteiger partial charge is 0.263 e. The van der Waals surface area contributed by atoms with E-state index in [1.165, 1.54) is 13.3 Å². The van der Waals surface area contributed by atoms with Crippen molar-refractivity contribution < 1.29 is 23.9 Å². The third-order valence-corrected chi connectivity index (χ3v) is 5.71. The van der Waals surface area contributed by atoms with E-state index in [1.807, 2.05) is 49.1 Å². The first-order chi connectivity index (χ1) is 16.6. The lowest BCUT2D eigenvalue weighted by Crippen LogP contribution is -2.52. The maximum atomic E-state index is 12.9. The molecule has 1 aromatic carbocycles. The summed E-state index contributed by atoms with van der Waals surface area (Å²) in [5, 5.41) is 17.2. The molecule has 5 rings (SSSR count). The molecule has 10 nitrogen and oxygen atoms in total. The van der Waals surface area contributed by atoms with Gasteiger partial charge in [0, 0.05) is 38.1 Å². The summed E-state index contributed by atoms with van der Waals surface area (Å²) in [7, 11) is 1.50. The second-order valence-corrected chi connectivity index (χ2v) is 7.66. The summed E-state index contributed by atoms with van der Waals surface area (Å²) in [5.74, 6) is -1.14. The van der Waals surface area contributed by atoms with Crippen LogP contribution in [0.15, 0.2) is 51.9 Å². The van der Waals surface area contributed by atoms with E-state index in [4.69, 9.17) is 14.0 Å². The van der Waals surface area contributed by atoms with Gasteiger partial charge in [-0.25, -0.2) is 4.90 Å². The molecule has 2 N–H and O–H groups in total. The zero-order chi connectivity index (χ0) is 24.2. The molecule has 0 bridgehead atoms. The minimum absolute atomic E-state index is 0.0898. The molecule has 0 radical (unpaired) electrons. The zero-order valence-electron chi connectivity index (χ0n) is 19.4. The first-order valence-corrected chi connectivity index (χ1v) is 11.3. The molecular weight excluding hydrogens is 440 g/mol. The van der Waals surface area contributed by atoms with Crippen molar-refractivity contribution in [1.82, 2.24) is 14.6 Å². The van der Waals surface area contributed by atoms with Gasteiger partial charge in [-0.3, -0.25) is 14.9 Å². The summed E-state index contributed by atoms with van der Waals surface area (Å²) in [6.07, 6.45) is 1.32. The van der Waals surface area contributed by atoms with Crippen molar-refractivity contribution in [2.24, 2.45) is 0 Å². The molecule has 3 aromatic rings. The molecular formula is C24H28N4O6. The van der Waals surface area contributed by atoms with Gasteiger partial charge in [-0.05, 0) is 6.42 Å². The van der Waals surface area contributed by atoms with E-state index in [2.05, 4.69) is 10.5 Å². The number of pyridine rings is 1. The normalized spacial score (nSPS) is 19.4. The van der Waals surface area contributed by atoms with Crippen LogP contribution in [-0.4, -0.2) is 52.1 Å². The summed E-state index contributed by atoms with van der Waals surface area (Å²) >= 11 is 0. The summed E-state index contributed by atoms with van der Waals surface area (Å²) in [4.78, 5) is 27.7. The number of nitrogens with one attached hydrogen (secondary N) is 1. The van der Waals surface area contributed by atoms with E-state index < -0.39 is 23.3 Å². The summed E-state index contributed by atoms with van der Waals surface area (Å²) < 4.78 is 18.2. The minimum atomic E-state index is -0.782. The van der Waals surface area contributed by atoms with Gasteiger partial charge in [0.05, 0.1) is 6.54 Å². The molecule has 2 aliphatic rings. The third-order valence-electron chi connectivity index (χ3n) is 5.71. The molecule has 2 unspecified atom stereocenters. The quantitative estimate of drug-likeness (QED) is 0.599. The highest BCUT2D eigenvalue weighted by Crippen LogP contribution is 2.35. The molecule has 34 heavy (non-hydrogen) atoms. The van der Waals surface area contributed by atoms with Gasteiger partial charge in [-0.15, -0.1) is 0 Å². The van der Waals surface area contributed by atoms with Crippen LogP contribution < -0.4 is 10.7 Å². The molecule has 10 heteroatoms. The van der Waals surface area contributed by atoms with Crippen LogP contribution in [0.3, 0.4) is 0 Å². The van der Waals surface area contributed by atoms with Gasteiger partial charge in [0.1, 0.15) is 23.2 Å². The Labute approximate surface area is 196 Å². The number of hydrogen-bond donors (Lipinski definition) is 2. The van der Waals surface area contributed by atoms with Gasteiger partial charge in [0.25, 0.3) is 5.91 Å². The lowest BCUT2D eigenvalue weighted by Gasteiger charge is -2.45. The minimum Gasteiger partial charge on any atom is -0.503 e. The number of carbonyl (C=O) groups is 1. The second kappa shape index (κ2) is 10.2. The van der Waals surface area contributed by atoms with E-state index in [0.29, 0.717) is 31.1 Å². The van der Waals surface area contributed by atoms with Crippen molar-refractivity contribution in [2.45, 2.75) is 39.3 Å². The third kappa shape index (κ3) is 4.35. The molecule has 0 saturated carbocycles. The van der Waals surface area contributed by atoms with Crippen LogP contribution >= 0.6 is 0 Å². The van der Waals surface area contributed by atoms with Crippen molar-refractivity contribution >= 4 is 11.8 Å². The Balaban J connectivity index is 0.00000133. The van der Waals surface area contributed by atoms with Crippen molar-refractivity contribution in [3.05, 3.63) is 64.1 Å². The first kappa shape index (κ1) is 23.7. The molecule has 2 aromatic heterocycles. The van der Waals surface area contributed by atoms with Gasteiger partial charge in [0.2, 0.25) is 11.3 Å². The van der Waals surface area contributed by atoms with Gasteiger partial charge in [-0.1, -0.05) is 49.3 Å². The number of fused-ring (bicyclic) bond motifs is 2. The van der Waals surface area contributed by atoms with E-state index in [1.54, 1.807) is 10.6 Å². The number of nitrogens with zero attached hydrogens (tertiary/aromatic N) is 3. The van der Waals surface area contributed by atoms with Gasteiger partial charge >= 0.3 is 0 Å². The fourth-order valence-electron chi connectivity index (χ4n) is 4.20.